The lowest BCUT2D eigenvalue weighted by molar-refractivity contribution is 0.270. The summed E-state index contributed by atoms with van der Waals surface area (Å²) in [7, 11) is 1.72. The second-order valence-electron chi connectivity index (χ2n) is 7.34. The van der Waals surface area contributed by atoms with Gasteiger partial charge in [-0.2, -0.15) is 0 Å². The summed E-state index contributed by atoms with van der Waals surface area (Å²) in [6.07, 6.45) is 1.02. The number of hydrogen-bond donors (Lipinski definition) is 2. The normalized spacial score (nSPS) is 16.7. The van der Waals surface area contributed by atoms with Gasteiger partial charge in [0.05, 0.1) is 19.8 Å². The summed E-state index contributed by atoms with van der Waals surface area (Å²) < 4.78 is 11.3. The summed E-state index contributed by atoms with van der Waals surface area (Å²) in [5, 5.41) is 4.92. The molecule has 2 aromatic carbocycles. The van der Waals surface area contributed by atoms with E-state index < -0.39 is 0 Å². The van der Waals surface area contributed by atoms with Crippen molar-refractivity contribution in [1.82, 2.24) is 10.3 Å². The van der Waals surface area contributed by atoms with Crippen molar-refractivity contribution in [1.29, 1.82) is 0 Å². The van der Waals surface area contributed by atoms with Crippen LogP contribution >= 0.6 is 0 Å². The zero-order valence-corrected chi connectivity index (χ0v) is 15.6. The van der Waals surface area contributed by atoms with Crippen LogP contribution < -0.4 is 14.8 Å². The highest BCUT2D eigenvalue weighted by molar-refractivity contribution is 5.86. The quantitative estimate of drug-likeness (QED) is 0.715. The van der Waals surface area contributed by atoms with Crippen LogP contribution in [-0.4, -0.2) is 25.2 Å². The molecule has 2 heterocycles. The average Bonchev–Trinajstić information content (AvgIpc) is 3.04. The smallest absolute Gasteiger partial charge is 0.119 e. The van der Waals surface area contributed by atoms with Crippen molar-refractivity contribution in [3.63, 3.8) is 0 Å². The second kappa shape index (κ2) is 7.04. The third-order valence-electron chi connectivity index (χ3n) is 4.93. The van der Waals surface area contributed by atoms with E-state index in [9.17, 15) is 0 Å². The molecule has 136 valence electrons. The molecule has 0 saturated heterocycles. The summed E-state index contributed by atoms with van der Waals surface area (Å²) in [4.78, 5) is 3.63. The first-order valence-electron chi connectivity index (χ1n) is 9.30. The number of aromatic amines is 1. The predicted molar refractivity (Wildman–Crippen MR) is 105 cm³/mol. The van der Waals surface area contributed by atoms with Gasteiger partial charge in [-0.15, -0.1) is 0 Å². The molecule has 1 aromatic heterocycles. The molecule has 4 heteroatoms. The van der Waals surface area contributed by atoms with E-state index in [0.717, 1.165) is 36.6 Å². The number of rotatable bonds is 5. The van der Waals surface area contributed by atoms with Gasteiger partial charge in [-0.05, 0) is 53.8 Å². The minimum atomic E-state index is 0.153. The number of H-pyrrole nitrogens is 1. The van der Waals surface area contributed by atoms with Crippen molar-refractivity contribution in [3.8, 4) is 11.5 Å². The number of ether oxygens (including phenoxy) is 2. The van der Waals surface area contributed by atoms with Gasteiger partial charge < -0.3 is 19.8 Å². The predicted octanol–water partition coefficient (Wildman–Crippen LogP) is 4.45. The molecule has 0 aliphatic carbocycles. The molecule has 0 bridgehead atoms. The fraction of sp³-hybridized carbons (Fsp3) is 0.364. The van der Waals surface area contributed by atoms with Gasteiger partial charge in [-0.1, -0.05) is 26.0 Å². The minimum Gasteiger partial charge on any atom is -0.497 e. The first-order valence-corrected chi connectivity index (χ1v) is 9.30. The number of hydrogen-bond acceptors (Lipinski definition) is 3. The number of benzene rings is 2. The summed E-state index contributed by atoms with van der Waals surface area (Å²) >= 11 is 0. The Labute approximate surface area is 154 Å². The van der Waals surface area contributed by atoms with Gasteiger partial charge in [-0.25, -0.2) is 0 Å². The highest BCUT2D eigenvalue weighted by atomic mass is 16.5. The van der Waals surface area contributed by atoms with E-state index in [1.807, 2.05) is 12.1 Å². The van der Waals surface area contributed by atoms with Crippen LogP contribution in [0.2, 0.25) is 0 Å². The molecule has 1 atom stereocenters. The number of fused-ring (bicyclic) bond motifs is 3. The molecule has 0 amide bonds. The molecule has 0 fully saturated rings. The van der Waals surface area contributed by atoms with Crippen LogP contribution in [0.15, 0.2) is 42.5 Å². The maximum Gasteiger partial charge on any atom is 0.119 e. The topological polar surface area (TPSA) is 46.3 Å². The van der Waals surface area contributed by atoms with E-state index in [0.29, 0.717) is 5.92 Å². The van der Waals surface area contributed by atoms with Crippen LogP contribution in [0, 0.1) is 5.92 Å². The fourth-order valence-corrected chi connectivity index (χ4v) is 3.67. The molecule has 0 saturated carbocycles. The van der Waals surface area contributed by atoms with Gasteiger partial charge >= 0.3 is 0 Å². The molecule has 1 aliphatic heterocycles. The summed E-state index contributed by atoms with van der Waals surface area (Å²) in [5.74, 6) is 2.35. The lowest BCUT2D eigenvalue weighted by Gasteiger charge is -2.25. The Morgan fingerprint density at radius 2 is 2.00 bits per heavy atom. The summed E-state index contributed by atoms with van der Waals surface area (Å²) in [5.41, 5.74) is 5.03. The molecule has 1 unspecified atom stereocenters. The van der Waals surface area contributed by atoms with Crippen LogP contribution in [0.25, 0.3) is 10.9 Å². The highest BCUT2D eigenvalue weighted by Crippen LogP contribution is 2.35. The third-order valence-corrected chi connectivity index (χ3v) is 4.93. The maximum atomic E-state index is 5.92. The standard InChI is InChI=1S/C22H26N2O2/c1-14(2)13-26-17-6-4-5-15(11-17)21-22-18(9-10-23-21)19-12-16(25-3)7-8-20(19)24-22/h4-8,11-12,14,21,23-24H,9-10,13H2,1-3H3. The number of aromatic nitrogens is 1. The van der Waals surface area contributed by atoms with Crippen LogP contribution in [-0.2, 0) is 6.42 Å². The molecular weight excluding hydrogens is 324 g/mol. The molecule has 1 aliphatic rings. The van der Waals surface area contributed by atoms with Crippen LogP contribution in [0.1, 0.15) is 36.7 Å². The fourth-order valence-electron chi connectivity index (χ4n) is 3.67. The number of methoxy groups -OCH3 is 1. The largest absolute Gasteiger partial charge is 0.497 e. The van der Waals surface area contributed by atoms with Crippen molar-refractivity contribution in [2.45, 2.75) is 26.3 Å². The maximum absolute atomic E-state index is 5.92. The van der Waals surface area contributed by atoms with E-state index >= 15 is 0 Å². The second-order valence-corrected chi connectivity index (χ2v) is 7.34. The van der Waals surface area contributed by atoms with Crippen molar-refractivity contribution in [2.75, 3.05) is 20.3 Å². The van der Waals surface area contributed by atoms with E-state index in [-0.39, 0.29) is 6.04 Å². The van der Waals surface area contributed by atoms with Gasteiger partial charge in [0.25, 0.3) is 0 Å². The van der Waals surface area contributed by atoms with E-state index in [1.54, 1.807) is 7.11 Å². The van der Waals surface area contributed by atoms with Crippen LogP contribution in [0.3, 0.4) is 0 Å². The Morgan fingerprint density at radius 1 is 1.12 bits per heavy atom. The zero-order chi connectivity index (χ0) is 18.1. The molecule has 4 nitrogen and oxygen atoms in total. The van der Waals surface area contributed by atoms with Crippen LogP contribution in [0.5, 0.6) is 11.5 Å². The molecule has 2 N–H and O–H groups in total. The van der Waals surface area contributed by atoms with Gasteiger partial charge in [-0.3, -0.25) is 0 Å². The van der Waals surface area contributed by atoms with Crippen LogP contribution in [0.4, 0.5) is 0 Å². The Kier molecular flexibility index (Phi) is 4.60. The third kappa shape index (κ3) is 3.17. The Morgan fingerprint density at radius 3 is 2.81 bits per heavy atom. The van der Waals surface area contributed by atoms with E-state index in [1.165, 1.54) is 22.2 Å². The van der Waals surface area contributed by atoms with Crippen molar-refractivity contribution < 1.29 is 9.47 Å². The zero-order valence-electron chi connectivity index (χ0n) is 15.6. The first-order chi connectivity index (χ1) is 12.7. The summed E-state index contributed by atoms with van der Waals surface area (Å²) in [6.45, 7) is 6.02. The lowest BCUT2D eigenvalue weighted by atomic mass is 9.94. The average molecular weight is 350 g/mol. The van der Waals surface area contributed by atoms with Crippen molar-refractivity contribution >= 4 is 10.9 Å². The van der Waals surface area contributed by atoms with Gasteiger partial charge in [0.2, 0.25) is 0 Å². The van der Waals surface area contributed by atoms with Gasteiger partial charge in [0.15, 0.2) is 0 Å². The number of nitrogens with one attached hydrogen (secondary N) is 2. The SMILES string of the molecule is COc1ccc2[nH]c3c(c2c1)CCNC3c1cccc(OCC(C)C)c1. The first kappa shape index (κ1) is 17.0. The molecular formula is C22H26N2O2. The molecule has 0 radical (unpaired) electrons. The Balaban J connectivity index is 1.71. The monoisotopic (exact) mass is 350 g/mol. The van der Waals surface area contributed by atoms with Gasteiger partial charge in [0.1, 0.15) is 11.5 Å². The Bertz CT molecular complexity index is 914. The molecule has 0 spiro atoms. The van der Waals surface area contributed by atoms with Crippen molar-refractivity contribution in [2.24, 2.45) is 5.92 Å². The van der Waals surface area contributed by atoms with Gasteiger partial charge in [0, 0.05) is 23.1 Å². The van der Waals surface area contributed by atoms with Crippen molar-refractivity contribution in [3.05, 3.63) is 59.3 Å². The molecule has 3 aromatic rings. The molecule has 4 rings (SSSR count). The van der Waals surface area contributed by atoms with E-state index in [4.69, 9.17) is 9.47 Å². The highest BCUT2D eigenvalue weighted by Gasteiger charge is 2.25. The Hall–Kier alpha value is -2.46. The lowest BCUT2D eigenvalue weighted by Crippen LogP contribution is -2.30. The minimum absolute atomic E-state index is 0.153. The summed E-state index contributed by atoms with van der Waals surface area (Å²) in [6, 6.07) is 14.8. The van der Waals surface area contributed by atoms with E-state index in [2.05, 4.69) is 54.5 Å². The molecule has 26 heavy (non-hydrogen) atoms.